The summed E-state index contributed by atoms with van der Waals surface area (Å²) < 4.78 is 16.2. The summed E-state index contributed by atoms with van der Waals surface area (Å²) in [6.45, 7) is 1.80. The fraction of sp³-hybridized carbons (Fsp3) is 0.346. The summed E-state index contributed by atoms with van der Waals surface area (Å²) in [7, 11) is 4.69. The Kier molecular flexibility index (Phi) is 8.32. The van der Waals surface area contributed by atoms with Crippen LogP contribution in [0.15, 0.2) is 48.7 Å². The number of hydrogen-bond donors (Lipinski definition) is 2. The quantitative estimate of drug-likeness (QED) is 0.435. The predicted molar refractivity (Wildman–Crippen MR) is 140 cm³/mol. The van der Waals surface area contributed by atoms with E-state index in [1.807, 2.05) is 30.3 Å². The van der Waals surface area contributed by atoms with Crippen LogP contribution in [-0.4, -0.2) is 50.3 Å². The molecule has 2 heterocycles. The summed E-state index contributed by atoms with van der Waals surface area (Å²) in [6, 6.07) is 13.0. The average Bonchev–Trinajstić information content (AvgIpc) is 2.92. The van der Waals surface area contributed by atoms with Crippen LogP contribution in [0.4, 0.5) is 17.5 Å². The molecular formula is C26H30ClN5O4. The van der Waals surface area contributed by atoms with Crippen LogP contribution >= 0.6 is 11.6 Å². The Hall–Kier alpha value is -3.72. The third-order valence-corrected chi connectivity index (χ3v) is 6.46. The number of piperidine rings is 1. The zero-order chi connectivity index (χ0) is 25.5. The molecule has 0 aliphatic carbocycles. The number of nitrogens with one attached hydrogen (secondary N) is 2. The Morgan fingerprint density at radius 1 is 1.11 bits per heavy atom. The molecule has 1 saturated heterocycles. The Bertz CT molecular complexity index is 1180. The van der Waals surface area contributed by atoms with E-state index in [2.05, 4.69) is 25.5 Å². The number of anilines is 3. The van der Waals surface area contributed by atoms with Crippen molar-refractivity contribution in [2.24, 2.45) is 5.92 Å². The number of halogens is 1. The summed E-state index contributed by atoms with van der Waals surface area (Å²) in [5, 5.41) is 6.88. The highest BCUT2D eigenvalue weighted by Crippen LogP contribution is 2.40. The van der Waals surface area contributed by atoms with Gasteiger partial charge in [-0.15, -0.1) is 0 Å². The molecule has 1 aliphatic rings. The van der Waals surface area contributed by atoms with Crippen LogP contribution in [0, 0.1) is 5.92 Å². The van der Waals surface area contributed by atoms with E-state index >= 15 is 0 Å². The minimum absolute atomic E-state index is 0.0180. The highest BCUT2D eigenvalue weighted by molar-refractivity contribution is 6.31. The molecule has 0 spiro atoms. The van der Waals surface area contributed by atoms with Crippen molar-refractivity contribution in [1.29, 1.82) is 0 Å². The lowest BCUT2D eigenvalue weighted by atomic mass is 9.97. The SMILES string of the molecule is COc1cc(Nc2nccc(N3CCCC(C(=O)NCc4ccccc4Cl)C3)n2)cc(OC)c1OC. The number of hydrogen-bond acceptors (Lipinski definition) is 8. The molecule has 0 bridgehead atoms. The third kappa shape index (κ3) is 5.91. The van der Waals surface area contributed by atoms with E-state index in [4.69, 9.17) is 25.8 Å². The van der Waals surface area contributed by atoms with Gasteiger partial charge in [0.2, 0.25) is 17.6 Å². The molecule has 2 N–H and O–H groups in total. The maximum absolute atomic E-state index is 12.9. The van der Waals surface area contributed by atoms with Crippen LogP contribution < -0.4 is 29.7 Å². The number of ether oxygens (including phenoxy) is 3. The molecular weight excluding hydrogens is 482 g/mol. The molecule has 1 aromatic heterocycles. The molecule has 3 aromatic rings. The summed E-state index contributed by atoms with van der Waals surface area (Å²) >= 11 is 6.22. The number of carbonyl (C=O) groups is 1. The second-order valence-electron chi connectivity index (χ2n) is 8.37. The first kappa shape index (κ1) is 25.4. The van der Waals surface area contributed by atoms with Crippen LogP contribution in [0.5, 0.6) is 17.2 Å². The monoisotopic (exact) mass is 511 g/mol. The molecule has 1 unspecified atom stereocenters. The van der Waals surface area contributed by atoms with E-state index in [0.29, 0.717) is 47.0 Å². The standard InChI is InChI=1S/C26H30ClN5O4/c1-34-21-13-19(14-22(35-2)24(21)36-3)30-26-28-11-10-23(31-26)32-12-6-8-18(16-32)25(33)29-15-17-7-4-5-9-20(17)27/h4-5,7,9-11,13-14,18H,6,8,12,15-16H2,1-3H3,(H,29,33)(H,28,30,31). The van der Waals surface area contributed by atoms with Crippen molar-refractivity contribution < 1.29 is 19.0 Å². The lowest BCUT2D eigenvalue weighted by molar-refractivity contribution is -0.125. The van der Waals surface area contributed by atoms with Gasteiger partial charge in [-0.1, -0.05) is 29.8 Å². The molecule has 1 aliphatic heterocycles. The van der Waals surface area contributed by atoms with E-state index < -0.39 is 0 Å². The Balaban J connectivity index is 1.43. The van der Waals surface area contributed by atoms with E-state index in [0.717, 1.165) is 30.8 Å². The van der Waals surface area contributed by atoms with Gasteiger partial charge in [0.15, 0.2) is 11.5 Å². The van der Waals surface area contributed by atoms with Gasteiger partial charge in [-0.25, -0.2) is 4.98 Å². The minimum atomic E-state index is -0.136. The number of benzene rings is 2. The number of amides is 1. The van der Waals surface area contributed by atoms with Crippen molar-refractivity contribution in [2.75, 3.05) is 44.6 Å². The molecule has 0 saturated carbocycles. The summed E-state index contributed by atoms with van der Waals surface area (Å²) in [6.07, 6.45) is 3.42. The van der Waals surface area contributed by atoms with Crippen LogP contribution in [0.2, 0.25) is 5.02 Å². The second-order valence-corrected chi connectivity index (χ2v) is 8.78. The molecule has 10 heteroatoms. The number of rotatable bonds is 9. The third-order valence-electron chi connectivity index (χ3n) is 6.09. The molecule has 1 atom stereocenters. The molecule has 9 nitrogen and oxygen atoms in total. The first-order valence-electron chi connectivity index (χ1n) is 11.7. The van der Waals surface area contributed by atoms with Crippen molar-refractivity contribution in [1.82, 2.24) is 15.3 Å². The van der Waals surface area contributed by atoms with Crippen molar-refractivity contribution in [3.05, 3.63) is 59.2 Å². The topological polar surface area (TPSA) is 97.8 Å². The van der Waals surface area contributed by atoms with Crippen LogP contribution in [0.3, 0.4) is 0 Å². The van der Waals surface area contributed by atoms with Gasteiger partial charge in [0.05, 0.1) is 27.2 Å². The number of carbonyl (C=O) groups excluding carboxylic acids is 1. The van der Waals surface area contributed by atoms with Gasteiger partial charge in [0, 0.05) is 48.7 Å². The van der Waals surface area contributed by atoms with Crippen LogP contribution in [-0.2, 0) is 11.3 Å². The summed E-state index contributed by atoms with van der Waals surface area (Å²) in [5.41, 5.74) is 1.59. The minimum Gasteiger partial charge on any atom is -0.493 e. The zero-order valence-corrected chi connectivity index (χ0v) is 21.3. The largest absolute Gasteiger partial charge is 0.493 e. The van der Waals surface area contributed by atoms with Crippen molar-refractivity contribution in [3.8, 4) is 17.2 Å². The van der Waals surface area contributed by atoms with Gasteiger partial charge in [-0.3, -0.25) is 4.79 Å². The molecule has 2 aromatic carbocycles. The van der Waals surface area contributed by atoms with Gasteiger partial charge in [0.25, 0.3) is 0 Å². The number of aromatic nitrogens is 2. The van der Waals surface area contributed by atoms with Gasteiger partial charge in [-0.05, 0) is 30.5 Å². The van der Waals surface area contributed by atoms with Gasteiger partial charge in [0.1, 0.15) is 5.82 Å². The molecule has 1 fully saturated rings. The van der Waals surface area contributed by atoms with E-state index in [1.165, 1.54) is 0 Å². The van der Waals surface area contributed by atoms with Crippen LogP contribution in [0.1, 0.15) is 18.4 Å². The zero-order valence-electron chi connectivity index (χ0n) is 20.6. The summed E-state index contributed by atoms with van der Waals surface area (Å²) in [4.78, 5) is 24.0. The second kappa shape index (κ2) is 11.8. The molecule has 36 heavy (non-hydrogen) atoms. The lowest BCUT2D eigenvalue weighted by Crippen LogP contribution is -2.43. The first-order valence-corrected chi connectivity index (χ1v) is 12.1. The molecule has 190 valence electrons. The van der Waals surface area contributed by atoms with Crippen LogP contribution in [0.25, 0.3) is 0 Å². The van der Waals surface area contributed by atoms with Crippen molar-refractivity contribution >= 4 is 35.0 Å². The highest BCUT2D eigenvalue weighted by atomic mass is 35.5. The summed E-state index contributed by atoms with van der Waals surface area (Å²) in [5.74, 6) is 2.62. The number of methoxy groups -OCH3 is 3. The first-order chi connectivity index (χ1) is 17.5. The molecule has 0 radical (unpaired) electrons. The molecule has 4 rings (SSSR count). The van der Waals surface area contributed by atoms with E-state index in [9.17, 15) is 4.79 Å². The smallest absolute Gasteiger partial charge is 0.229 e. The van der Waals surface area contributed by atoms with Gasteiger partial charge < -0.3 is 29.7 Å². The average molecular weight is 512 g/mol. The normalized spacial score (nSPS) is 15.2. The maximum atomic E-state index is 12.9. The van der Waals surface area contributed by atoms with Gasteiger partial charge in [-0.2, -0.15) is 4.98 Å². The fourth-order valence-electron chi connectivity index (χ4n) is 4.24. The predicted octanol–water partition coefficient (Wildman–Crippen LogP) is 4.43. The Morgan fingerprint density at radius 3 is 2.56 bits per heavy atom. The van der Waals surface area contributed by atoms with Crippen molar-refractivity contribution in [3.63, 3.8) is 0 Å². The number of nitrogens with zero attached hydrogens (tertiary/aromatic N) is 3. The Morgan fingerprint density at radius 2 is 1.86 bits per heavy atom. The van der Waals surface area contributed by atoms with Gasteiger partial charge >= 0.3 is 0 Å². The fourth-order valence-corrected chi connectivity index (χ4v) is 4.44. The van der Waals surface area contributed by atoms with E-state index in [1.54, 1.807) is 39.7 Å². The molecule has 1 amide bonds. The highest BCUT2D eigenvalue weighted by Gasteiger charge is 2.27. The lowest BCUT2D eigenvalue weighted by Gasteiger charge is -2.33. The van der Waals surface area contributed by atoms with E-state index in [-0.39, 0.29) is 11.8 Å². The Labute approximate surface area is 215 Å². The maximum Gasteiger partial charge on any atom is 0.229 e. The van der Waals surface area contributed by atoms with Crippen molar-refractivity contribution in [2.45, 2.75) is 19.4 Å².